The third-order valence-electron chi connectivity index (χ3n) is 1.93. The minimum atomic E-state index is -1.13. The van der Waals surface area contributed by atoms with Crippen molar-refractivity contribution in [2.75, 3.05) is 13.2 Å². The fraction of sp³-hybridized carbons (Fsp3) is 0.300. The van der Waals surface area contributed by atoms with Crippen LogP contribution in [0.2, 0.25) is 0 Å². The number of rotatable bonds is 5. The van der Waals surface area contributed by atoms with Crippen LogP contribution in [0.3, 0.4) is 0 Å². The van der Waals surface area contributed by atoms with E-state index in [0.717, 1.165) is 0 Å². The van der Waals surface area contributed by atoms with Crippen LogP contribution < -0.4 is 0 Å². The number of hydrogen-bond donors (Lipinski definition) is 2. The van der Waals surface area contributed by atoms with Gasteiger partial charge in [-0.25, -0.2) is 4.79 Å². The average molecular weight is 241 g/mol. The molecule has 0 spiro atoms. The number of esters is 1. The van der Waals surface area contributed by atoms with Crippen molar-refractivity contribution in [2.24, 2.45) is 0 Å². The maximum absolute atomic E-state index is 11.4. The Balaban J connectivity index is 2.61. The Kier molecular flexibility index (Phi) is 4.56. The van der Waals surface area contributed by atoms with E-state index < -0.39 is 23.6 Å². The highest BCUT2D eigenvalue weighted by atomic mass is 16.6. The van der Waals surface area contributed by atoms with Crippen molar-refractivity contribution in [1.82, 2.24) is 0 Å². The van der Waals surface area contributed by atoms with Crippen molar-refractivity contribution in [3.8, 4) is 0 Å². The lowest BCUT2D eigenvalue weighted by Gasteiger charge is -2.08. The Morgan fingerprint density at radius 3 is 2.47 bits per heavy atom. The molecule has 0 fully saturated rings. The van der Waals surface area contributed by atoms with Gasteiger partial charge in [-0.1, -0.05) is 0 Å². The second-order valence-corrected chi connectivity index (χ2v) is 3.24. The van der Waals surface area contributed by atoms with Crippen molar-refractivity contribution in [3.05, 3.63) is 39.9 Å². The second kappa shape index (κ2) is 5.92. The third kappa shape index (κ3) is 3.82. The van der Waals surface area contributed by atoms with Crippen LogP contribution >= 0.6 is 0 Å². The number of nitro benzene ring substituents is 1. The highest BCUT2D eigenvalue weighted by molar-refractivity contribution is 5.89. The highest BCUT2D eigenvalue weighted by Gasteiger charge is 2.12. The number of aliphatic hydroxyl groups excluding tert-OH is 2. The lowest BCUT2D eigenvalue weighted by molar-refractivity contribution is -0.384. The Bertz CT molecular complexity index is 402. The summed E-state index contributed by atoms with van der Waals surface area (Å²) in [6, 6.07) is 4.87. The third-order valence-corrected chi connectivity index (χ3v) is 1.93. The van der Waals surface area contributed by atoms with E-state index in [1.165, 1.54) is 24.3 Å². The Morgan fingerprint density at radius 2 is 2.00 bits per heavy atom. The van der Waals surface area contributed by atoms with E-state index in [4.69, 9.17) is 10.2 Å². The molecule has 1 rings (SSSR count). The van der Waals surface area contributed by atoms with E-state index in [-0.39, 0.29) is 17.9 Å². The monoisotopic (exact) mass is 241 g/mol. The van der Waals surface area contributed by atoms with Crippen LogP contribution in [0.5, 0.6) is 0 Å². The molecule has 2 N–H and O–H groups in total. The molecule has 92 valence electrons. The molecule has 17 heavy (non-hydrogen) atoms. The van der Waals surface area contributed by atoms with E-state index in [1.807, 2.05) is 0 Å². The molecule has 0 amide bonds. The molecule has 0 saturated heterocycles. The van der Waals surface area contributed by atoms with Crippen molar-refractivity contribution in [3.63, 3.8) is 0 Å². The van der Waals surface area contributed by atoms with Gasteiger partial charge in [-0.05, 0) is 12.1 Å². The molecule has 0 bridgehead atoms. The number of hydrogen-bond acceptors (Lipinski definition) is 6. The molecule has 0 saturated carbocycles. The molecule has 7 heteroatoms. The van der Waals surface area contributed by atoms with Crippen LogP contribution in [0.4, 0.5) is 5.69 Å². The minimum absolute atomic E-state index is 0.128. The number of nitrogens with zero attached hydrogens (tertiary/aromatic N) is 1. The van der Waals surface area contributed by atoms with Crippen LogP contribution in [0.1, 0.15) is 10.4 Å². The number of nitro groups is 1. The molecule has 0 aliphatic carbocycles. The summed E-state index contributed by atoms with van der Waals surface area (Å²) in [5.41, 5.74) is 0.0117. The molecule has 0 aliphatic rings. The van der Waals surface area contributed by atoms with Crippen LogP contribution in [0.15, 0.2) is 24.3 Å². The Labute approximate surface area is 96.4 Å². The van der Waals surface area contributed by atoms with Crippen molar-refractivity contribution < 1.29 is 24.7 Å². The van der Waals surface area contributed by atoms with Gasteiger partial charge in [-0.2, -0.15) is 0 Å². The summed E-state index contributed by atoms with van der Waals surface area (Å²) in [4.78, 5) is 21.1. The largest absolute Gasteiger partial charge is 0.459 e. The van der Waals surface area contributed by atoms with Crippen LogP contribution in [-0.4, -0.2) is 40.4 Å². The van der Waals surface area contributed by atoms with Crippen molar-refractivity contribution in [2.45, 2.75) is 6.10 Å². The molecule has 1 aromatic carbocycles. The van der Waals surface area contributed by atoms with Crippen LogP contribution in [0.25, 0.3) is 0 Å². The summed E-state index contributed by atoms with van der Waals surface area (Å²) in [5, 5.41) is 27.8. The molecular formula is C10H11NO6. The molecule has 0 unspecified atom stereocenters. The number of carbonyl (C=O) groups excluding carboxylic acids is 1. The quantitative estimate of drug-likeness (QED) is 0.430. The van der Waals surface area contributed by atoms with Gasteiger partial charge in [-0.3, -0.25) is 10.1 Å². The topological polar surface area (TPSA) is 110 Å². The molecule has 7 nitrogen and oxygen atoms in total. The molecular weight excluding hydrogens is 230 g/mol. The first-order valence-corrected chi connectivity index (χ1v) is 4.75. The lowest BCUT2D eigenvalue weighted by Crippen LogP contribution is -2.21. The fourth-order valence-corrected chi connectivity index (χ4v) is 1.03. The summed E-state index contributed by atoms with van der Waals surface area (Å²) in [6.45, 7) is -0.833. The van der Waals surface area contributed by atoms with E-state index in [0.29, 0.717) is 0 Å². The summed E-state index contributed by atoms with van der Waals surface area (Å²) in [7, 11) is 0. The molecule has 1 aromatic rings. The lowest BCUT2D eigenvalue weighted by atomic mass is 10.2. The number of non-ortho nitro benzene ring substituents is 1. The second-order valence-electron chi connectivity index (χ2n) is 3.24. The van der Waals surface area contributed by atoms with Gasteiger partial charge in [-0.15, -0.1) is 0 Å². The van der Waals surface area contributed by atoms with Gasteiger partial charge in [0.05, 0.1) is 17.1 Å². The summed E-state index contributed by atoms with van der Waals surface area (Å²) < 4.78 is 4.66. The Morgan fingerprint density at radius 1 is 1.41 bits per heavy atom. The van der Waals surface area contributed by atoms with E-state index >= 15 is 0 Å². The molecule has 1 atom stereocenters. The predicted octanol–water partition coefficient (Wildman–Crippen LogP) is 0.105. The normalized spacial score (nSPS) is 11.9. The van der Waals surface area contributed by atoms with Gasteiger partial charge in [0.15, 0.2) is 0 Å². The van der Waals surface area contributed by atoms with Crippen LogP contribution in [-0.2, 0) is 4.74 Å². The summed E-state index contributed by atoms with van der Waals surface area (Å²) >= 11 is 0. The summed E-state index contributed by atoms with van der Waals surface area (Å²) in [6.07, 6.45) is -1.13. The maximum Gasteiger partial charge on any atom is 0.338 e. The molecule has 0 aromatic heterocycles. The minimum Gasteiger partial charge on any atom is -0.459 e. The molecule has 0 radical (unpaired) electrons. The maximum atomic E-state index is 11.4. The first-order chi connectivity index (χ1) is 8.04. The average Bonchev–Trinajstić information content (AvgIpc) is 2.35. The SMILES string of the molecule is O=C(OC[C@H](O)CO)c1ccc([N+](=O)[O-])cc1. The number of carbonyl (C=O) groups is 1. The van der Waals surface area contributed by atoms with Gasteiger partial charge in [0.2, 0.25) is 0 Å². The standard InChI is InChI=1S/C10H11NO6/c12-5-9(13)6-17-10(14)7-1-3-8(4-2-7)11(15)16/h1-4,9,12-13H,5-6H2/t9-/m1/s1. The molecule has 0 heterocycles. The van der Waals surface area contributed by atoms with E-state index in [9.17, 15) is 14.9 Å². The predicted molar refractivity (Wildman–Crippen MR) is 56.5 cm³/mol. The number of aliphatic hydroxyl groups is 2. The summed E-state index contributed by atoms with van der Waals surface area (Å²) in [5.74, 6) is -0.715. The van der Waals surface area contributed by atoms with Gasteiger partial charge in [0.1, 0.15) is 12.7 Å². The van der Waals surface area contributed by atoms with E-state index in [1.54, 1.807) is 0 Å². The Hall–Kier alpha value is -1.99. The van der Waals surface area contributed by atoms with Crippen molar-refractivity contribution in [1.29, 1.82) is 0 Å². The number of ether oxygens (including phenoxy) is 1. The van der Waals surface area contributed by atoms with Gasteiger partial charge < -0.3 is 14.9 Å². The zero-order valence-electron chi connectivity index (χ0n) is 8.78. The first-order valence-electron chi connectivity index (χ1n) is 4.75. The van der Waals surface area contributed by atoms with Gasteiger partial charge in [0.25, 0.3) is 5.69 Å². The first kappa shape index (κ1) is 13.1. The van der Waals surface area contributed by atoms with Gasteiger partial charge >= 0.3 is 5.97 Å². The van der Waals surface area contributed by atoms with Crippen LogP contribution in [0, 0.1) is 10.1 Å². The van der Waals surface area contributed by atoms with Crippen molar-refractivity contribution >= 4 is 11.7 Å². The number of benzene rings is 1. The van der Waals surface area contributed by atoms with E-state index in [2.05, 4.69) is 4.74 Å². The molecule has 0 aliphatic heterocycles. The fourth-order valence-electron chi connectivity index (χ4n) is 1.03. The highest BCUT2D eigenvalue weighted by Crippen LogP contribution is 2.12. The smallest absolute Gasteiger partial charge is 0.338 e. The van der Waals surface area contributed by atoms with Gasteiger partial charge in [0, 0.05) is 12.1 Å². The zero-order chi connectivity index (χ0) is 12.8. The zero-order valence-corrected chi connectivity index (χ0v) is 8.78.